The largest absolute Gasteiger partial charge is 0.490 e. The van der Waals surface area contributed by atoms with Crippen LogP contribution in [0.5, 0.6) is 5.75 Å². The first kappa shape index (κ1) is 20.6. The van der Waals surface area contributed by atoms with E-state index >= 15 is 0 Å². The molecule has 0 N–H and O–H groups in total. The van der Waals surface area contributed by atoms with Crippen molar-refractivity contribution in [3.8, 4) is 17.4 Å². The predicted octanol–water partition coefficient (Wildman–Crippen LogP) is 4.50. The van der Waals surface area contributed by atoms with Gasteiger partial charge in [-0.3, -0.25) is 0 Å². The summed E-state index contributed by atoms with van der Waals surface area (Å²) in [5.41, 5.74) is 2.41. The topological polar surface area (TPSA) is 64.0 Å². The number of hydrogen-bond donors (Lipinski definition) is 0. The van der Waals surface area contributed by atoms with E-state index < -0.39 is 11.6 Å². The predicted molar refractivity (Wildman–Crippen MR) is 113 cm³/mol. The maximum Gasteiger partial charge on any atom is 0.200 e. The van der Waals surface area contributed by atoms with Crippen molar-refractivity contribution in [2.24, 2.45) is 0 Å². The minimum Gasteiger partial charge on any atom is -0.490 e. The second-order valence-electron chi connectivity index (χ2n) is 6.92. The van der Waals surface area contributed by atoms with Crippen molar-refractivity contribution < 1.29 is 13.5 Å². The molecule has 1 aliphatic heterocycles. The summed E-state index contributed by atoms with van der Waals surface area (Å²) in [4.78, 5) is 19.4. The van der Waals surface area contributed by atoms with Crippen molar-refractivity contribution in [2.45, 2.75) is 25.8 Å². The highest BCUT2D eigenvalue weighted by Crippen LogP contribution is 2.36. The molecule has 30 heavy (non-hydrogen) atoms. The summed E-state index contributed by atoms with van der Waals surface area (Å²) in [5, 5.41) is 0.729. The molecule has 0 radical (unpaired) electrons. The van der Waals surface area contributed by atoms with Gasteiger partial charge in [0.25, 0.3) is 0 Å². The number of halogens is 3. The summed E-state index contributed by atoms with van der Waals surface area (Å²) in [6.45, 7) is 2.90. The van der Waals surface area contributed by atoms with Crippen molar-refractivity contribution in [1.29, 1.82) is 0 Å². The first-order valence-electron chi connectivity index (χ1n) is 9.66. The van der Waals surface area contributed by atoms with Crippen LogP contribution in [0, 0.1) is 11.6 Å². The van der Waals surface area contributed by atoms with Gasteiger partial charge in [0.15, 0.2) is 23.2 Å². The standard InChI is InChI=1S/C21H20BrF2N5O/c1-13-15-12-27-21(20-25-6-3-7-26-20)28-17(15)4-8-29(13)14-10-16(23)19(24)18(11-14)30-9-2-5-22/h3,6-7,10-13H,2,4-5,8-9H2,1H3. The summed E-state index contributed by atoms with van der Waals surface area (Å²) in [6.07, 6.45) is 6.40. The molecule has 3 heterocycles. The maximum absolute atomic E-state index is 14.2. The van der Waals surface area contributed by atoms with Gasteiger partial charge in [0, 0.05) is 60.3 Å². The number of nitrogens with zero attached hydrogens (tertiary/aromatic N) is 5. The Morgan fingerprint density at radius 2 is 1.97 bits per heavy atom. The van der Waals surface area contributed by atoms with Gasteiger partial charge in [-0.1, -0.05) is 15.9 Å². The fourth-order valence-corrected chi connectivity index (χ4v) is 3.73. The zero-order chi connectivity index (χ0) is 21.1. The molecule has 0 saturated heterocycles. The highest BCUT2D eigenvalue weighted by Gasteiger charge is 2.28. The number of anilines is 1. The summed E-state index contributed by atoms with van der Waals surface area (Å²) in [7, 11) is 0. The third-order valence-corrected chi connectivity index (χ3v) is 5.58. The lowest BCUT2D eigenvalue weighted by Crippen LogP contribution is -2.35. The van der Waals surface area contributed by atoms with E-state index in [1.165, 1.54) is 6.07 Å². The smallest absolute Gasteiger partial charge is 0.200 e. The Morgan fingerprint density at radius 3 is 2.73 bits per heavy atom. The van der Waals surface area contributed by atoms with Gasteiger partial charge in [-0.15, -0.1) is 0 Å². The van der Waals surface area contributed by atoms with E-state index in [-0.39, 0.29) is 11.8 Å². The third-order valence-electron chi connectivity index (χ3n) is 5.02. The molecule has 1 aromatic carbocycles. The van der Waals surface area contributed by atoms with Crippen LogP contribution in [0.25, 0.3) is 11.6 Å². The van der Waals surface area contributed by atoms with Crippen molar-refractivity contribution in [3.63, 3.8) is 0 Å². The molecule has 4 rings (SSSR count). The lowest BCUT2D eigenvalue weighted by molar-refractivity contribution is 0.296. The summed E-state index contributed by atoms with van der Waals surface area (Å²) < 4.78 is 33.8. The van der Waals surface area contributed by atoms with Gasteiger partial charge in [0.05, 0.1) is 18.3 Å². The van der Waals surface area contributed by atoms with E-state index in [2.05, 4.69) is 35.9 Å². The average Bonchev–Trinajstić information content (AvgIpc) is 2.77. The quantitative estimate of drug-likeness (QED) is 0.386. The van der Waals surface area contributed by atoms with Crippen LogP contribution >= 0.6 is 15.9 Å². The number of rotatable bonds is 6. The maximum atomic E-state index is 14.2. The lowest BCUT2D eigenvalue weighted by atomic mass is 9.98. The van der Waals surface area contributed by atoms with Crippen molar-refractivity contribution in [1.82, 2.24) is 19.9 Å². The Bertz CT molecular complexity index is 1040. The molecule has 2 aromatic heterocycles. The molecule has 1 atom stereocenters. The number of benzene rings is 1. The van der Waals surface area contributed by atoms with Crippen LogP contribution in [0.2, 0.25) is 0 Å². The van der Waals surface area contributed by atoms with Gasteiger partial charge in [-0.25, -0.2) is 24.3 Å². The molecule has 0 fully saturated rings. The van der Waals surface area contributed by atoms with Gasteiger partial charge in [0.1, 0.15) is 0 Å². The average molecular weight is 476 g/mol. The highest BCUT2D eigenvalue weighted by atomic mass is 79.9. The SMILES string of the molecule is CC1c2cnc(-c3ncccn3)nc2CCN1c1cc(F)c(F)c(OCCCBr)c1. The van der Waals surface area contributed by atoms with E-state index in [4.69, 9.17) is 4.74 Å². The first-order valence-corrected chi connectivity index (χ1v) is 10.8. The van der Waals surface area contributed by atoms with Crippen LogP contribution in [-0.4, -0.2) is 38.4 Å². The van der Waals surface area contributed by atoms with Crippen LogP contribution in [0.4, 0.5) is 14.5 Å². The zero-order valence-corrected chi connectivity index (χ0v) is 17.9. The van der Waals surface area contributed by atoms with Gasteiger partial charge in [-0.2, -0.15) is 4.39 Å². The summed E-state index contributed by atoms with van der Waals surface area (Å²) >= 11 is 3.30. The Hall–Kier alpha value is -2.68. The number of fused-ring (bicyclic) bond motifs is 1. The minimum atomic E-state index is -0.964. The number of hydrogen-bond acceptors (Lipinski definition) is 6. The van der Waals surface area contributed by atoms with Crippen molar-refractivity contribution in [3.05, 3.63) is 59.7 Å². The molecule has 156 valence electrons. The molecular weight excluding hydrogens is 456 g/mol. The van der Waals surface area contributed by atoms with Gasteiger partial charge in [-0.05, 0) is 19.4 Å². The van der Waals surface area contributed by atoms with Crippen LogP contribution in [-0.2, 0) is 6.42 Å². The second-order valence-corrected chi connectivity index (χ2v) is 7.71. The molecule has 0 spiro atoms. The Labute approximate surface area is 181 Å². The van der Waals surface area contributed by atoms with Crippen LogP contribution in [0.15, 0.2) is 36.8 Å². The molecule has 1 aliphatic rings. The van der Waals surface area contributed by atoms with Crippen LogP contribution in [0.1, 0.15) is 30.6 Å². The van der Waals surface area contributed by atoms with E-state index in [0.29, 0.717) is 43.3 Å². The van der Waals surface area contributed by atoms with E-state index in [0.717, 1.165) is 16.6 Å². The van der Waals surface area contributed by atoms with Crippen molar-refractivity contribution >= 4 is 21.6 Å². The van der Waals surface area contributed by atoms with Crippen molar-refractivity contribution in [2.75, 3.05) is 23.4 Å². The fraction of sp³-hybridized carbons (Fsp3) is 0.333. The second kappa shape index (κ2) is 8.99. The molecular formula is C21H20BrF2N5O. The molecule has 3 aromatic rings. The minimum absolute atomic E-state index is 0.0724. The van der Waals surface area contributed by atoms with E-state index in [1.807, 2.05) is 11.8 Å². The number of ether oxygens (including phenoxy) is 1. The van der Waals surface area contributed by atoms with Gasteiger partial charge in [0.2, 0.25) is 5.82 Å². The molecule has 0 saturated carbocycles. The Kier molecular flexibility index (Phi) is 6.17. The molecule has 9 heteroatoms. The number of alkyl halides is 1. The monoisotopic (exact) mass is 475 g/mol. The molecule has 0 amide bonds. The molecule has 0 aliphatic carbocycles. The molecule has 1 unspecified atom stereocenters. The van der Waals surface area contributed by atoms with Crippen LogP contribution in [0.3, 0.4) is 0 Å². The summed E-state index contributed by atoms with van der Waals surface area (Å²) in [6, 6.07) is 4.39. The zero-order valence-electron chi connectivity index (χ0n) is 16.4. The Morgan fingerprint density at radius 1 is 1.17 bits per heavy atom. The van der Waals surface area contributed by atoms with Gasteiger partial charge >= 0.3 is 0 Å². The molecule has 6 nitrogen and oxygen atoms in total. The Balaban J connectivity index is 1.61. The van der Waals surface area contributed by atoms with E-state index in [1.54, 1.807) is 30.7 Å². The first-order chi connectivity index (χ1) is 14.6. The van der Waals surface area contributed by atoms with Crippen LogP contribution < -0.4 is 9.64 Å². The third kappa shape index (κ3) is 4.12. The highest BCUT2D eigenvalue weighted by molar-refractivity contribution is 9.09. The molecule has 0 bridgehead atoms. The van der Waals surface area contributed by atoms with Gasteiger partial charge < -0.3 is 9.64 Å². The fourth-order valence-electron chi connectivity index (χ4n) is 3.50. The van der Waals surface area contributed by atoms with E-state index in [9.17, 15) is 8.78 Å². The number of aromatic nitrogens is 4. The lowest BCUT2D eigenvalue weighted by Gasteiger charge is -2.36. The normalized spacial score (nSPS) is 15.7. The summed E-state index contributed by atoms with van der Waals surface area (Å²) in [5.74, 6) is -1.01.